The van der Waals surface area contributed by atoms with E-state index in [1.807, 2.05) is 36.1 Å². The van der Waals surface area contributed by atoms with Gasteiger partial charge in [0.25, 0.3) is 5.91 Å². The number of nitrogens with zero attached hydrogens (tertiary/aromatic N) is 1. The summed E-state index contributed by atoms with van der Waals surface area (Å²) in [5.74, 6) is 0.183. The van der Waals surface area contributed by atoms with Crippen molar-refractivity contribution in [1.29, 1.82) is 0 Å². The fourth-order valence-electron chi connectivity index (χ4n) is 1.78. The first-order chi connectivity index (χ1) is 6.83. The van der Waals surface area contributed by atoms with Gasteiger partial charge in [-0.3, -0.25) is 4.79 Å². The summed E-state index contributed by atoms with van der Waals surface area (Å²) in [5.41, 5.74) is 2.04. The van der Waals surface area contributed by atoms with Gasteiger partial charge in [-0.15, -0.1) is 0 Å². The van der Waals surface area contributed by atoms with Crippen molar-refractivity contribution >= 4 is 5.91 Å². The van der Waals surface area contributed by atoms with Gasteiger partial charge in [0, 0.05) is 18.7 Å². The Labute approximate surface area is 84.5 Å². The molecule has 73 valence electrons. The van der Waals surface area contributed by atoms with Gasteiger partial charge in [0.05, 0.1) is 0 Å². The summed E-state index contributed by atoms with van der Waals surface area (Å²) in [4.78, 5) is 13.7. The van der Waals surface area contributed by atoms with Crippen LogP contribution in [0.25, 0.3) is 0 Å². The predicted molar refractivity (Wildman–Crippen MR) is 55.8 cm³/mol. The predicted octanol–water partition coefficient (Wildman–Crippen LogP) is 2.26. The van der Waals surface area contributed by atoms with Crippen molar-refractivity contribution in [2.45, 2.75) is 19.9 Å². The minimum Gasteiger partial charge on any atom is -0.334 e. The molecule has 0 atom stereocenters. The van der Waals surface area contributed by atoms with E-state index in [-0.39, 0.29) is 5.91 Å². The van der Waals surface area contributed by atoms with E-state index in [0.717, 1.165) is 30.6 Å². The van der Waals surface area contributed by atoms with Crippen LogP contribution in [0.3, 0.4) is 0 Å². The van der Waals surface area contributed by atoms with Gasteiger partial charge in [-0.05, 0) is 24.5 Å². The average Bonchev–Trinajstić information content (AvgIpc) is 2.54. The van der Waals surface area contributed by atoms with E-state index in [9.17, 15) is 4.79 Å². The van der Waals surface area contributed by atoms with Crippen molar-refractivity contribution in [3.63, 3.8) is 0 Å². The third-order valence-electron chi connectivity index (χ3n) is 2.58. The molecule has 0 spiro atoms. The number of hydrogen-bond acceptors (Lipinski definition) is 1. The standard InChI is InChI=1S/C12H14NO/c1-2-3-8-13-9-10-6-4-5-7-11(10)12(13)14/h2,4-7H,3,8-9H2,1H3. The summed E-state index contributed by atoms with van der Waals surface area (Å²) in [6, 6.07) is 7.85. The van der Waals surface area contributed by atoms with E-state index in [1.54, 1.807) is 0 Å². The maximum Gasteiger partial charge on any atom is 0.254 e. The maximum atomic E-state index is 11.8. The molecule has 2 rings (SSSR count). The van der Waals surface area contributed by atoms with E-state index >= 15 is 0 Å². The quantitative estimate of drug-likeness (QED) is 0.712. The Morgan fingerprint density at radius 3 is 2.93 bits per heavy atom. The van der Waals surface area contributed by atoms with Crippen LogP contribution in [0.1, 0.15) is 29.3 Å². The highest BCUT2D eigenvalue weighted by Gasteiger charge is 2.25. The van der Waals surface area contributed by atoms with Crippen molar-refractivity contribution in [3.8, 4) is 0 Å². The first-order valence-electron chi connectivity index (χ1n) is 4.98. The van der Waals surface area contributed by atoms with E-state index < -0.39 is 0 Å². The summed E-state index contributed by atoms with van der Waals surface area (Å²) in [5, 5.41) is 0. The molecule has 14 heavy (non-hydrogen) atoms. The third-order valence-corrected chi connectivity index (χ3v) is 2.58. The second kappa shape index (κ2) is 3.82. The molecular formula is C12H14NO. The molecule has 1 aliphatic heterocycles. The van der Waals surface area contributed by atoms with Crippen LogP contribution in [-0.2, 0) is 6.54 Å². The zero-order valence-corrected chi connectivity index (χ0v) is 8.36. The molecule has 2 heteroatoms. The molecular weight excluding hydrogens is 174 g/mol. The molecule has 1 amide bonds. The highest BCUT2D eigenvalue weighted by Crippen LogP contribution is 2.22. The van der Waals surface area contributed by atoms with Crippen molar-refractivity contribution in [2.75, 3.05) is 6.54 Å². The first kappa shape index (κ1) is 9.25. The summed E-state index contributed by atoms with van der Waals surface area (Å²) < 4.78 is 0. The van der Waals surface area contributed by atoms with Crippen molar-refractivity contribution in [1.82, 2.24) is 4.90 Å². The fourth-order valence-corrected chi connectivity index (χ4v) is 1.78. The number of fused-ring (bicyclic) bond motifs is 1. The molecule has 0 unspecified atom stereocenters. The molecule has 2 nitrogen and oxygen atoms in total. The molecule has 1 aromatic carbocycles. The van der Waals surface area contributed by atoms with Gasteiger partial charge in [-0.2, -0.15) is 0 Å². The SMILES string of the molecule is C[CH]CCN1Cc2ccccc2C1=O. The smallest absolute Gasteiger partial charge is 0.254 e. The minimum absolute atomic E-state index is 0.183. The minimum atomic E-state index is 0.183. The molecule has 0 fully saturated rings. The van der Waals surface area contributed by atoms with Gasteiger partial charge in [0.1, 0.15) is 0 Å². The van der Waals surface area contributed by atoms with Crippen LogP contribution >= 0.6 is 0 Å². The molecule has 1 heterocycles. The number of unbranched alkanes of at least 4 members (excludes halogenated alkanes) is 1. The van der Waals surface area contributed by atoms with Gasteiger partial charge in [0.15, 0.2) is 0 Å². The van der Waals surface area contributed by atoms with Gasteiger partial charge < -0.3 is 4.90 Å². The lowest BCUT2D eigenvalue weighted by Gasteiger charge is -2.14. The Morgan fingerprint density at radius 1 is 1.43 bits per heavy atom. The van der Waals surface area contributed by atoms with Crippen LogP contribution in [-0.4, -0.2) is 17.4 Å². The van der Waals surface area contributed by atoms with Crippen LogP contribution in [0.5, 0.6) is 0 Å². The summed E-state index contributed by atoms with van der Waals surface area (Å²) in [7, 11) is 0. The second-order valence-corrected chi connectivity index (χ2v) is 3.58. The molecule has 0 bridgehead atoms. The van der Waals surface area contributed by atoms with Crippen LogP contribution in [0.15, 0.2) is 24.3 Å². The van der Waals surface area contributed by atoms with E-state index in [0.29, 0.717) is 0 Å². The lowest BCUT2D eigenvalue weighted by molar-refractivity contribution is 0.0780. The van der Waals surface area contributed by atoms with Crippen LogP contribution < -0.4 is 0 Å². The normalized spacial score (nSPS) is 14.6. The van der Waals surface area contributed by atoms with Gasteiger partial charge in [-0.1, -0.05) is 25.1 Å². The Bertz CT molecular complexity index is 346. The fraction of sp³-hybridized carbons (Fsp3) is 0.333. The number of benzene rings is 1. The number of rotatable bonds is 3. The zero-order valence-electron chi connectivity index (χ0n) is 8.36. The Morgan fingerprint density at radius 2 is 2.21 bits per heavy atom. The van der Waals surface area contributed by atoms with Crippen molar-refractivity contribution in [3.05, 3.63) is 41.8 Å². The second-order valence-electron chi connectivity index (χ2n) is 3.58. The molecule has 0 aliphatic carbocycles. The van der Waals surface area contributed by atoms with Gasteiger partial charge in [-0.25, -0.2) is 0 Å². The highest BCUT2D eigenvalue weighted by molar-refractivity contribution is 5.98. The number of amides is 1. The Hall–Kier alpha value is -1.31. The van der Waals surface area contributed by atoms with Gasteiger partial charge in [0.2, 0.25) is 0 Å². The lowest BCUT2D eigenvalue weighted by atomic mass is 10.1. The molecule has 1 radical (unpaired) electrons. The topological polar surface area (TPSA) is 20.3 Å². The number of hydrogen-bond donors (Lipinski definition) is 0. The van der Waals surface area contributed by atoms with Crippen molar-refractivity contribution < 1.29 is 4.79 Å². The van der Waals surface area contributed by atoms with E-state index in [1.165, 1.54) is 0 Å². The van der Waals surface area contributed by atoms with Crippen LogP contribution in [0.2, 0.25) is 0 Å². The van der Waals surface area contributed by atoms with Crippen LogP contribution in [0.4, 0.5) is 0 Å². The maximum absolute atomic E-state index is 11.8. The summed E-state index contributed by atoms with van der Waals surface area (Å²) in [6.07, 6.45) is 3.07. The van der Waals surface area contributed by atoms with Crippen molar-refractivity contribution in [2.24, 2.45) is 0 Å². The Kier molecular flexibility index (Phi) is 2.53. The highest BCUT2D eigenvalue weighted by atomic mass is 16.2. The summed E-state index contributed by atoms with van der Waals surface area (Å²) >= 11 is 0. The third kappa shape index (κ3) is 1.52. The molecule has 0 N–H and O–H groups in total. The van der Waals surface area contributed by atoms with Crippen LogP contribution in [0, 0.1) is 6.42 Å². The first-order valence-corrected chi connectivity index (χ1v) is 4.98. The molecule has 0 aromatic heterocycles. The van der Waals surface area contributed by atoms with Gasteiger partial charge >= 0.3 is 0 Å². The lowest BCUT2D eigenvalue weighted by Crippen LogP contribution is -2.24. The molecule has 1 aromatic rings. The number of carbonyl (C=O) groups is 1. The monoisotopic (exact) mass is 188 g/mol. The Balaban J connectivity index is 2.13. The largest absolute Gasteiger partial charge is 0.334 e. The molecule has 1 aliphatic rings. The van der Waals surface area contributed by atoms with E-state index in [4.69, 9.17) is 0 Å². The summed E-state index contributed by atoms with van der Waals surface area (Å²) in [6.45, 7) is 3.64. The van der Waals surface area contributed by atoms with E-state index in [2.05, 4.69) is 6.42 Å². The zero-order chi connectivity index (χ0) is 9.97. The molecule has 0 saturated heterocycles. The number of carbonyl (C=O) groups excluding carboxylic acids is 1. The molecule has 0 saturated carbocycles. The average molecular weight is 188 g/mol.